The third kappa shape index (κ3) is 3.15. The van der Waals surface area contributed by atoms with Crippen molar-refractivity contribution in [2.75, 3.05) is 0 Å². The minimum Gasteiger partial charge on any atom is -0.481 e. The topological polar surface area (TPSA) is 37.3 Å². The first-order valence-corrected chi connectivity index (χ1v) is 7.26. The second-order valence-corrected chi connectivity index (χ2v) is 6.29. The minimum atomic E-state index is -0.883. The molecule has 110 valence electrons. The van der Waals surface area contributed by atoms with Crippen LogP contribution >= 0.6 is 0 Å². The van der Waals surface area contributed by atoms with Gasteiger partial charge in [0.15, 0.2) is 0 Å². The lowest BCUT2D eigenvalue weighted by Gasteiger charge is -2.20. The fourth-order valence-electron chi connectivity index (χ4n) is 2.29. The molecule has 0 saturated carbocycles. The van der Waals surface area contributed by atoms with E-state index in [2.05, 4.69) is 38.1 Å². The molecule has 0 aromatic heterocycles. The Kier molecular flexibility index (Phi) is 4.17. The Morgan fingerprint density at radius 1 is 1.00 bits per heavy atom. The highest BCUT2D eigenvalue weighted by atomic mass is 16.4. The number of hydrogen-bond donors (Lipinski definition) is 1. The first-order valence-electron chi connectivity index (χ1n) is 7.26. The normalized spacial score (nSPS) is 11.7. The van der Waals surface area contributed by atoms with E-state index in [9.17, 15) is 9.90 Å². The van der Waals surface area contributed by atoms with Gasteiger partial charge in [0.05, 0.1) is 5.41 Å². The van der Waals surface area contributed by atoms with Crippen LogP contribution in [0.25, 0.3) is 11.1 Å². The summed E-state index contributed by atoms with van der Waals surface area (Å²) in [6, 6.07) is 16.2. The summed E-state index contributed by atoms with van der Waals surface area (Å²) in [5.74, 6) is -0.334. The second kappa shape index (κ2) is 5.72. The lowest BCUT2D eigenvalue weighted by Crippen LogP contribution is -2.28. The molecule has 0 aliphatic rings. The molecule has 0 saturated heterocycles. The van der Waals surface area contributed by atoms with E-state index in [-0.39, 0.29) is 0 Å². The molecule has 0 radical (unpaired) electrons. The summed E-state index contributed by atoms with van der Waals surface area (Å²) in [6.45, 7) is 7.81. The number of carboxylic acid groups (broad SMARTS) is 1. The fourth-order valence-corrected chi connectivity index (χ4v) is 2.29. The van der Waals surface area contributed by atoms with E-state index < -0.39 is 11.4 Å². The standard InChI is InChI=1S/C19H22O2/c1-13(2)14-7-5-8-15(11-14)16-9-6-10-17(12-16)19(3,4)18(20)21/h5-13H,1-4H3,(H,20,21). The van der Waals surface area contributed by atoms with Crippen molar-refractivity contribution in [2.45, 2.75) is 39.0 Å². The van der Waals surface area contributed by atoms with Gasteiger partial charge in [0.25, 0.3) is 0 Å². The SMILES string of the molecule is CC(C)c1cccc(-c2cccc(C(C)(C)C(=O)O)c2)c1. The number of aliphatic carboxylic acids is 1. The molecule has 0 fully saturated rings. The molecular formula is C19H22O2. The number of benzene rings is 2. The average Bonchev–Trinajstić information content (AvgIpc) is 2.47. The van der Waals surface area contributed by atoms with Crippen molar-refractivity contribution < 1.29 is 9.90 Å². The second-order valence-electron chi connectivity index (χ2n) is 6.29. The Hall–Kier alpha value is -2.09. The summed E-state index contributed by atoms with van der Waals surface area (Å²) >= 11 is 0. The van der Waals surface area contributed by atoms with Crippen molar-refractivity contribution in [3.8, 4) is 11.1 Å². The van der Waals surface area contributed by atoms with Crippen LogP contribution in [-0.4, -0.2) is 11.1 Å². The van der Waals surface area contributed by atoms with Crippen molar-refractivity contribution in [1.29, 1.82) is 0 Å². The highest BCUT2D eigenvalue weighted by Crippen LogP contribution is 2.29. The molecule has 2 heteroatoms. The molecule has 21 heavy (non-hydrogen) atoms. The number of hydrogen-bond acceptors (Lipinski definition) is 1. The van der Waals surface area contributed by atoms with Crippen molar-refractivity contribution in [2.24, 2.45) is 0 Å². The summed E-state index contributed by atoms with van der Waals surface area (Å²) in [6.07, 6.45) is 0. The molecule has 0 amide bonds. The number of rotatable bonds is 4. The summed E-state index contributed by atoms with van der Waals surface area (Å²) in [7, 11) is 0. The first kappa shape index (κ1) is 15.3. The zero-order valence-corrected chi connectivity index (χ0v) is 13.1. The van der Waals surface area contributed by atoms with Crippen LogP contribution in [0.1, 0.15) is 44.7 Å². The smallest absolute Gasteiger partial charge is 0.313 e. The van der Waals surface area contributed by atoms with Crippen LogP contribution in [0.15, 0.2) is 48.5 Å². The van der Waals surface area contributed by atoms with E-state index in [0.29, 0.717) is 5.92 Å². The predicted molar refractivity (Wildman–Crippen MR) is 86.6 cm³/mol. The van der Waals surface area contributed by atoms with Gasteiger partial charge in [0, 0.05) is 0 Å². The van der Waals surface area contributed by atoms with Crippen LogP contribution in [0, 0.1) is 0 Å². The van der Waals surface area contributed by atoms with Crippen LogP contribution in [0.3, 0.4) is 0 Å². The molecule has 2 aromatic carbocycles. The number of carboxylic acids is 1. The summed E-state index contributed by atoms with van der Waals surface area (Å²) < 4.78 is 0. The summed E-state index contributed by atoms with van der Waals surface area (Å²) in [5.41, 5.74) is 3.41. The van der Waals surface area contributed by atoms with E-state index >= 15 is 0 Å². The summed E-state index contributed by atoms with van der Waals surface area (Å²) in [4.78, 5) is 11.4. The molecule has 0 bridgehead atoms. The molecule has 0 heterocycles. The van der Waals surface area contributed by atoms with Gasteiger partial charge >= 0.3 is 5.97 Å². The van der Waals surface area contributed by atoms with Crippen LogP contribution in [0.4, 0.5) is 0 Å². The quantitative estimate of drug-likeness (QED) is 0.871. The van der Waals surface area contributed by atoms with Gasteiger partial charge in [0.1, 0.15) is 0 Å². The van der Waals surface area contributed by atoms with Crippen molar-refractivity contribution >= 4 is 5.97 Å². The van der Waals surface area contributed by atoms with Gasteiger partial charge in [0.2, 0.25) is 0 Å². The maximum Gasteiger partial charge on any atom is 0.313 e. The van der Waals surface area contributed by atoms with Gasteiger partial charge in [-0.15, -0.1) is 0 Å². The van der Waals surface area contributed by atoms with Crippen molar-refractivity contribution in [3.05, 3.63) is 59.7 Å². The zero-order chi connectivity index (χ0) is 15.6. The highest BCUT2D eigenvalue weighted by Gasteiger charge is 2.29. The molecule has 0 aliphatic heterocycles. The molecule has 2 rings (SSSR count). The van der Waals surface area contributed by atoms with Gasteiger partial charge in [-0.3, -0.25) is 4.79 Å². The average molecular weight is 282 g/mol. The van der Waals surface area contributed by atoms with Crippen molar-refractivity contribution in [3.63, 3.8) is 0 Å². The molecule has 0 unspecified atom stereocenters. The minimum absolute atomic E-state index is 0.476. The highest BCUT2D eigenvalue weighted by molar-refractivity contribution is 5.81. The monoisotopic (exact) mass is 282 g/mol. The van der Waals surface area contributed by atoms with Crippen LogP contribution in [0.2, 0.25) is 0 Å². The van der Waals surface area contributed by atoms with E-state index in [1.165, 1.54) is 5.56 Å². The summed E-state index contributed by atoms with van der Waals surface area (Å²) in [5, 5.41) is 9.37. The third-order valence-corrected chi connectivity index (χ3v) is 4.01. The Balaban J connectivity index is 2.47. The Labute approximate surface area is 126 Å². The Bertz CT molecular complexity index is 654. The van der Waals surface area contributed by atoms with Crippen LogP contribution < -0.4 is 0 Å². The largest absolute Gasteiger partial charge is 0.481 e. The van der Waals surface area contributed by atoms with Crippen molar-refractivity contribution in [1.82, 2.24) is 0 Å². The van der Waals surface area contributed by atoms with E-state index in [1.807, 2.05) is 24.3 Å². The lowest BCUT2D eigenvalue weighted by atomic mass is 9.83. The molecule has 2 nitrogen and oxygen atoms in total. The molecule has 0 aliphatic carbocycles. The first-order chi connectivity index (χ1) is 9.82. The van der Waals surface area contributed by atoms with E-state index in [4.69, 9.17) is 0 Å². The van der Waals surface area contributed by atoms with Crippen LogP contribution in [0.5, 0.6) is 0 Å². The van der Waals surface area contributed by atoms with E-state index in [1.54, 1.807) is 13.8 Å². The van der Waals surface area contributed by atoms with Gasteiger partial charge in [-0.25, -0.2) is 0 Å². The zero-order valence-electron chi connectivity index (χ0n) is 13.1. The van der Waals surface area contributed by atoms with Gasteiger partial charge in [-0.1, -0.05) is 62.4 Å². The fraction of sp³-hybridized carbons (Fsp3) is 0.316. The molecule has 1 N–H and O–H groups in total. The maximum atomic E-state index is 11.4. The molecular weight excluding hydrogens is 260 g/mol. The molecule has 0 atom stereocenters. The number of carbonyl (C=O) groups is 1. The van der Waals surface area contributed by atoms with E-state index in [0.717, 1.165) is 16.7 Å². The Morgan fingerprint density at radius 2 is 1.57 bits per heavy atom. The van der Waals surface area contributed by atoms with Gasteiger partial charge in [-0.05, 0) is 42.0 Å². The lowest BCUT2D eigenvalue weighted by molar-refractivity contribution is -0.142. The van der Waals surface area contributed by atoms with Gasteiger partial charge in [-0.2, -0.15) is 0 Å². The molecule has 2 aromatic rings. The Morgan fingerprint density at radius 3 is 2.14 bits per heavy atom. The predicted octanol–water partition coefficient (Wildman–Crippen LogP) is 4.84. The van der Waals surface area contributed by atoms with Crippen LogP contribution in [-0.2, 0) is 10.2 Å². The maximum absolute atomic E-state index is 11.4. The van der Waals surface area contributed by atoms with Gasteiger partial charge < -0.3 is 5.11 Å². The third-order valence-electron chi connectivity index (χ3n) is 4.01. The molecule has 0 spiro atoms.